The van der Waals surface area contributed by atoms with Gasteiger partial charge in [-0.05, 0) is 44.5 Å². The van der Waals surface area contributed by atoms with E-state index in [1.54, 1.807) is 6.07 Å². The van der Waals surface area contributed by atoms with Crippen LogP contribution in [0, 0.1) is 13.8 Å². The Hall–Kier alpha value is -3.08. The summed E-state index contributed by atoms with van der Waals surface area (Å²) in [6.07, 6.45) is 3.11. The zero-order chi connectivity index (χ0) is 20.1. The molecule has 0 aliphatic carbocycles. The third-order valence-corrected chi connectivity index (χ3v) is 4.77. The van der Waals surface area contributed by atoms with Crippen molar-refractivity contribution in [3.63, 3.8) is 0 Å². The molecule has 0 spiro atoms. The molecule has 3 aromatic rings. The maximum Gasteiger partial charge on any atom is 0.269 e. The molecule has 0 bridgehead atoms. The number of hydrogen-bond donors (Lipinski definition) is 3. The number of rotatable bonds is 7. The number of amides is 2. The van der Waals surface area contributed by atoms with Crippen LogP contribution in [-0.4, -0.2) is 23.3 Å². The van der Waals surface area contributed by atoms with Crippen LogP contribution in [0.4, 0.5) is 5.69 Å². The second-order valence-corrected chi connectivity index (χ2v) is 7.21. The van der Waals surface area contributed by atoms with Gasteiger partial charge in [0.2, 0.25) is 0 Å². The monoisotopic (exact) mass is 377 g/mol. The number of aryl methyl sites for hydroxylation is 2. The third kappa shape index (κ3) is 4.42. The third-order valence-electron chi connectivity index (χ3n) is 4.77. The fourth-order valence-corrected chi connectivity index (χ4v) is 3.24. The Morgan fingerprint density at radius 3 is 2.50 bits per heavy atom. The molecule has 2 aromatic carbocycles. The summed E-state index contributed by atoms with van der Waals surface area (Å²) < 4.78 is 0. The molecule has 2 amide bonds. The van der Waals surface area contributed by atoms with Crippen LogP contribution < -0.4 is 10.6 Å². The fraction of sp³-hybridized carbons (Fsp3) is 0.304. The van der Waals surface area contributed by atoms with Gasteiger partial charge in [0.25, 0.3) is 11.8 Å². The van der Waals surface area contributed by atoms with Crippen LogP contribution in [0.3, 0.4) is 0 Å². The Morgan fingerprint density at radius 2 is 1.75 bits per heavy atom. The highest BCUT2D eigenvalue weighted by molar-refractivity contribution is 6.15. The minimum atomic E-state index is -0.230. The van der Waals surface area contributed by atoms with E-state index in [4.69, 9.17) is 0 Å². The lowest BCUT2D eigenvalue weighted by Gasteiger charge is -2.09. The number of anilines is 1. The minimum absolute atomic E-state index is 0.204. The number of aromatic amines is 1. The maximum absolute atomic E-state index is 12.8. The zero-order valence-corrected chi connectivity index (χ0v) is 16.7. The first-order chi connectivity index (χ1) is 13.5. The Labute approximate surface area is 165 Å². The van der Waals surface area contributed by atoms with Gasteiger partial charge < -0.3 is 15.6 Å². The van der Waals surface area contributed by atoms with Crippen molar-refractivity contribution in [2.24, 2.45) is 0 Å². The number of carbonyl (C=O) groups is 2. The van der Waals surface area contributed by atoms with E-state index in [9.17, 15) is 9.59 Å². The molecule has 1 aromatic heterocycles. The van der Waals surface area contributed by atoms with E-state index >= 15 is 0 Å². The van der Waals surface area contributed by atoms with Crippen molar-refractivity contribution in [2.75, 3.05) is 11.9 Å². The molecule has 3 rings (SSSR count). The van der Waals surface area contributed by atoms with Crippen LogP contribution >= 0.6 is 0 Å². The van der Waals surface area contributed by atoms with Gasteiger partial charge in [0.15, 0.2) is 0 Å². The number of nitrogens with one attached hydrogen (secondary N) is 3. The molecule has 0 unspecified atom stereocenters. The van der Waals surface area contributed by atoms with Gasteiger partial charge >= 0.3 is 0 Å². The normalized spacial score (nSPS) is 10.8. The lowest BCUT2D eigenvalue weighted by Crippen LogP contribution is -2.26. The van der Waals surface area contributed by atoms with E-state index in [0.29, 0.717) is 23.5 Å². The fourth-order valence-electron chi connectivity index (χ4n) is 3.24. The van der Waals surface area contributed by atoms with Crippen LogP contribution in [0.5, 0.6) is 0 Å². The zero-order valence-electron chi connectivity index (χ0n) is 16.7. The highest BCUT2D eigenvalue weighted by Crippen LogP contribution is 2.29. The quantitative estimate of drug-likeness (QED) is 0.509. The van der Waals surface area contributed by atoms with Crippen LogP contribution in [0.1, 0.15) is 58.2 Å². The van der Waals surface area contributed by atoms with Gasteiger partial charge in [-0.2, -0.15) is 0 Å². The molecule has 5 nitrogen and oxygen atoms in total. The molecule has 0 saturated carbocycles. The van der Waals surface area contributed by atoms with Gasteiger partial charge in [-0.1, -0.05) is 49.1 Å². The lowest BCUT2D eigenvalue weighted by atomic mass is 10.1. The summed E-state index contributed by atoms with van der Waals surface area (Å²) in [7, 11) is 0. The standard InChI is InChI=1S/C23H27N3O2/c1-4-5-6-12-24-23(28)21-20(18-14-16(3)10-11-19(18)25-21)26-22(27)17-9-7-8-15(2)13-17/h7-11,13-14,25H,4-6,12H2,1-3H3,(H,24,28)(H,26,27). The molecular formula is C23H27N3O2. The SMILES string of the molecule is CCCCCNC(=O)c1[nH]c2ccc(C)cc2c1NC(=O)c1cccc(C)c1. The number of carbonyl (C=O) groups excluding carboxylic acids is 2. The molecule has 1 heterocycles. The van der Waals surface area contributed by atoms with Crippen molar-refractivity contribution >= 4 is 28.4 Å². The summed E-state index contributed by atoms with van der Waals surface area (Å²) in [5, 5.41) is 6.74. The molecule has 0 aliphatic rings. The van der Waals surface area contributed by atoms with Crippen molar-refractivity contribution in [2.45, 2.75) is 40.0 Å². The molecular weight excluding hydrogens is 350 g/mol. The smallest absolute Gasteiger partial charge is 0.269 e. The number of aromatic nitrogens is 1. The van der Waals surface area contributed by atoms with Gasteiger partial charge in [0, 0.05) is 23.0 Å². The topological polar surface area (TPSA) is 74.0 Å². The van der Waals surface area contributed by atoms with Gasteiger partial charge in [-0.3, -0.25) is 9.59 Å². The van der Waals surface area contributed by atoms with E-state index < -0.39 is 0 Å². The predicted octanol–water partition coefficient (Wildman–Crippen LogP) is 4.96. The van der Waals surface area contributed by atoms with Gasteiger partial charge in [0.1, 0.15) is 5.69 Å². The highest BCUT2D eigenvalue weighted by atomic mass is 16.2. The number of H-pyrrole nitrogens is 1. The van der Waals surface area contributed by atoms with Crippen LogP contribution in [0.2, 0.25) is 0 Å². The molecule has 0 saturated heterocycles. The molecule has 0 fully saturated rings. The van der Waals surface area contributed by atoms with Crippen LogP contribution in [0.25, 0.3) is 10.9 Å². The Balaban J connectivity index is 1.93. The average Bonchev–Trinajstić information content (AvgIpc) is 3.03. The van der Waals surface area contributed by atoms with E-state index in [2.05, 4.69) is 22.5 Å². The van der Waals surface area contributed by atoms with E-state index in [-0.39, 0.29) is 11.8 Å². The molecule has 0 radical (unpaired) electrons. The number of fused-ring (bicyclic) bond motifs is 1. The largest absolute Gasteiger partial charge is 0.351 e. The highest BCUT2D eigenvalue weighted by Gasteiger charge is 2.20. The number of hydrogen-bond acceptors (Lipinski definition) is 2. The lowest BCUT2D eigenvalue weighted by molar-refractivity contribution is 0.0949. The number of benzene rings is 2. The van der Waals surface area contributed by atoms with Crippen LogP contribution in [0.15, 0.2) is 42.5 Å². The first-order valence-corrected chi connectivity index (χ1v) is 9.78. The van der Waals surface area contributed by atoms with Gasteiger partial charge in [0.05, 0.1) is 5.69 Å². The summed E-state index contributed by atoms with van der Waals surface area (Å²) in [5.74, 6) is -0.435. The van der Waals surface area contributed by atoms with Crippen molar-refractivity contribution in [3.8, 4) is 0 Å². The molecule has 3 N–H and O–H groups in total. The van der Waals surface area contributed by atoms with Gasteiger partial charge in [-0.25, -0.2) is 0 Å². The molecule has 28 heavy (non-hydrogen) atoms. The van der Waals surface area contributed by atoms with Crippen molar-refractivity contribution in [1.29, 1.82) is 0 Å². The second-order valence-electron chi connectivity index (χ2n) is 7.21. The molecule has 5 heteroatoms. The number of unbranched alkanes of at least 4 members (excludes halogenated alkanes) is 2. The van der Waals surface area contributed by atoms with Gasteiger partial charge in [-0.15, -0.1) is 0 Å². The second kappa shape index (κ2) is 8.74. The summed E-state index contributed by atoms with van der Waals surface area (Å²) in [6.45, 7) is 6.68. The molecule has 0 atom stereocenters. The Morgan fingerprint density at radius 1 is 0.964 bits per heavy atom. The summed E-state index contributed by atoms with van der Waals surface area (Å²) in [4.78, 5) is 28.7. The van der Waals surface area contributed by atoms with E-state index in [0.717, 1.165) is 41.3 Å². The maximum atomic E-state index is 12.8. The molecule has 146 valence electrons. The first kappa shape index (κ1) is 19.7. The van der Waals surface area contributed by atoms with E-state index in [1.165, 1.54) is 0 Å². The Kier molecular flexibility index (Phi) is 6.14. The summed E-state index contributed by atoms with van der Waals surface area (Å²) >= 11 is 0. The first-order valence-electron chi connectivity index (χ1n) is 9.78. The average molecular weight is 377 g/mol. The molecule has 0 aliphatic heterocycles. The summed E-state index contributed by atoms with van der Waals surface area (Å²) in [5.41, 5.74) is 4.38. The Bertz CT molecular complexity index is 1000. The van der Waals surface area contributed by atoms with Crippen molar-refractivity contribution < 1.29 is 9.59 Å². The van der Waals surface area contributed by atoms with Crippen molar-refractivity contribution in [3.05, 3.63) is 64.8 Å². The minimum Gasteiger partial charge on any atom is -0.351 e. The van der Waals surface area contributed by atoms with E-state index in [1.807, 2.05) is 50.2 Å². The van der Waals surface area contributed by atoms with Crippen LogP contribution in [-0.2, 0) is 0 Å². The predicted molar refractivity (Wildman–Crippen MR) is 114 cm³/mol. The summed E-state index contributed by atoms with van der Waals surface area (Å²) in [6, 6.07) is 13.3. The van der Waals surface area contributed by atoms with Crippen molar-refractivity contribution in [1.82, 2.24) is 10.3 Å².